The molecule has 0 bridgehead atoms. The first-order valence-electron chi connectivity index (χ1n) is 18.1. The van der Waals surface area contributed by atoms with Gasteiger partial charge in [-0.3, -0.25) is 0 Å². The number of benzene rings is 9. The number of hydrogen-bond donors (Lipinski definition) is 0. The number of fused-ring (bicyclic) bond motifs is 9. The number of thiophene rings is 1. The molecule has 2 aromatic heterocycles. The third kappa shape index (κ3) is 4.71. The van der Waals surface area contributed by atoms with E-state index < -0.39 is 0 Å². The Morgan fingerprint density at radius 2 is 0.925 bits per heavy atom. The topological polar surface area (TPSA) is 8.17 Å². The second-order valence-corrected chi connectivity index (χ2v) is 14.7. The Labute approximate surface area is 311 Å². The maximum atomic E-state index is 2.46. The molecule has 53 heavy (non-hydrogen) atoms. The molecule has 0 aliphatic rings. The Balaban J connectivity index is 1.08. The molecule has 9 aromatic carbocycles. The third-order valence-electron chi connectivity index (χ3n) is 10.8. The van der Waals surface area contributed by atoms with E-state index in [0.29, 0.717) is 0 Å². The zero-order valence-corrected chi connectivity index (χ0v) is 29.6. The number of hydrogen-bond acceptors (Lipinski definition) is 2. The molecule has 248 valence electrons. The Hall–Kier alpha value is -6.68. The summed E-state index contributed by atoms with van der Waals surface area (Å²) < 4.78 is 5.01. The Bertz CT molecular complexity index is 3130. The smallest absolute Gasteiger partial charge is 0.0640 e. The molecule has 0 unspecified atom stereocenters. The van der Waals surface area contributed by atoms with Crippen molar-refractivity contribution in [3.63, 3.8) is 0 Å². The van der Waals surface area contributed by atoms with Gasteiger partial charge in [-0.15, -0.1) is 11.3 Å². The number of para-hydroxylation sites is 2. The van der Waals surface area contributed by atoms with Crippen molar-refractivity contribution in [1.29, 1.82) is 0 Å². The van der Waals surface area contributed by atoms with Gasteiger partial charge in [-0.25, -0.2) is 0 Å². The van der Waals surface area contributed by atoms with Crippen LogP contribution < -0.4 is 4.90 Å². The molecule has 0 aliphatic carbocycles. The highest BCUT2D eigenvalue weighted by Crippen LogP contribution is 2.48. The summed E-state index contributed by atoms with van der Waals surface area (Å²) in [6.45, 7) is 0. The standard InChI is InChI=1S/C50H32N2S/c1-3-17-39-34(12-1)14-10-24-45(39)51(48-25-11-21-43-44-31-28-35-13-2-4-18-40(35)49(44)53-50(43)48)37-29-26-33(27-30-37)36-15-9-16-38(32-36)52-46-22-7-5-19-41(46)42-20-6-8-23-47(42)52/h1-32H. The Morgan fingerprint density at radius 1 is 0.358 bits per heavy atom. The van der Waals surface area contributed by atoms with Crippen molar-refractivity contribution >= 4 is 91.9 Å². The largest absolute Gasteiger partial charge is 0.309 e. The molecule has 0 amide bonds. The van der Waals surface area contributed by atoms with Crippen molar-refractivity contribution in [2.24, 2.45) is 0 Å². The van der Waals surface area contributed by atoms with Crippen LogP contribution in [0.25, 0.3) is 80.3 Å². The van der Waals surface area contributed by atoms with E-state index >= 15 is 0 Å². The zero-order valence-electron chi connectivity index (χ0n) is 28.8. The fraction of sp³-hybridized carbons (Fsp3) is 0. The summed E-state index contributed by atoms with van der Waals surface area (Å²) in [6, 6.07) is 70.9. The van der Waals surface area contributed by atoms with E-state index in [2.05, 4.69) is 204 Å². The highest BCUT2D eigenvalue weighted by Gasteiger charge is 2.21. The highest BCUT2D eigenvalue weighted by molar-refractivity contribution is 7.27. The number of anilines is 3. The third-order valence-corrected chi connectivity index (χ3v) is 12.0. The molecule has 0 radical (unpaired) electrons. The molecular weight excluding hydrogens is 661 g/mol. The summed E-state index contributed by atoms with van der Waals surface area (Å²) in [5.74, 6) is 0. The summed E-state index contributed by atoms with van der Waals surface area (Å²) in [6.07, 6.45) is 0. The maximum absolute atomic E-state index is 2.46. The normalized spacial score (nSPS) is 11.8. The van der Waals surface area contributed by atoms with E-state index in [1.54, 1.807) is 0 Å². The van der Waals surface area contributed by atoms with Crippen molar-refractivity contribution < 1.29 is 0 Å². The molecule has 0 fully saturated rings. The lowest BCUT2D eigenvalue weighted by Crippen LogP contribution is -2.10. The fourth-order valence-corrected chi connectivity index (χ4v) is 9.67. The molecule has 11 aromatic rings. The first-order valence-corrected chi connectivity index (χ1v) is 18.9. The van der Waals surface area contributed by atoms with Gasteiger partial charge in [0.1, 0.15) is 0 Å². The Morgan fingerprint density at radius 3 is 1.70 bits per heavy atom. The van der Waals surface area contributed by atoms with Crippen molar-refractivity contribution in [3.05, 3.63) is 194 Å². The van der Waals surface area contributed by atoms with Crippen LogP contribution in [0.15, 0.2) is 194 Å². The molecule has 0 aliphatic heterocycles. The van der Waals surface area contributed by atoms with Gasteiger partial charge in [0.2, 0.25) is 0 Å². The van der Waals surface area contributed by atoms with Crippen molar-refractivity contribution in [2.75, 3.05) is 4.90 Å². The van der Waals surface area contributed by atoms with Crippen LogP contribution in [-0.2, 0) is 0 Å². The molecular formula is C50H32N2S. The first kappa shape index (κ1) is 30.0. The fourth-order valence-electron chi connectivity index (χ4n) is 8.33. The molecule has 0 spiro atoms. The summed E-state index contributed by atoms with van der Waals surface area (Å²) in [7, 11) is 0. The van der Waals surface area contributed by atoms with Gasteiger partial charge >= 0.3 is 0 Å². The average Bonchev–Trinajstić information content (AvgIpc) is 3.78. The van der Waals surface area contributed by atoms with Crippen LogP contribution in [0.2, 0.25) is 0 Å². The van der Waals surface area contributed by atoms with Gasteiger partial charge in [-0.1, -0.05) is 146 Å². The SMILES string of the molecule is c1cc(-c2ccc(N(c3cccc4ccccc34)c3cccc4c3sc3c5ccccc5ccc43)cc2)cc(-n2c3ccccc3c3ccccc32)c1. The summed E-state index contributed by atoms with van der Waals surface area (Å²) in [5, 5.41) is 10.2. The van der Waals surface area contributed by atoms with Crippen LogP contribution >= 0.6 is 11.3 Å². The molecule has 3 heteroatoms. The number of rotatable bonds is 5. The second-order valence-electron chi connectivity index (χ2n) is 13.7. The first-order chi connectivity index (χ1) is 26.3. The zero-order chi connectivity index (χ0) is 34.9. The van der Waals surface area contributed by atoms with Crippen LogP contribution in [0.3, 0.4) is 0 Å². The predicted octanol–water partition coefficient (Wildman–Crippen LogP) is 14.6. The molecule has 0 atom stereocenters. The minimum Gasteiger partial charge on any atom is -0.309 e. The summed E-state index contributed by atoms with van der Waals surface area (Å²) in [4.78, 5) is 2.46. The predicted molar refractivity (Wildman–Crippen MR) is 229 cm³/mol. The van der Waals surface area contributed by atoms with Gasteiger partial charge in [0.05, 0.1) is 27.1 Å². The number of nitrogens with zero attached hydrogens (tertiary/aromatic N) is 2. The molecule has 0 saturated heterocycles. The van der Waals surface area contributed by atoms with Crippen molar-refractivity contribution in [3.8, 4) is 16.8 Å². The van der Waals surface area contributed by atoms with Crippen LogP contribution in [0.1, 0.15) is 0 Å². The van der Waals surface area contributed by atoms with Gasteiger partial charge in [-0.2, -0.15) is 0 Å². The minimum atomic E-state index is 1.12. The minimum absolute atomic E-state index is 1.12. The molecule has 0 N–H and O–H groups in total. The van der Waals surface area contributed by atoms with E-state index in [1.165, 1.54) is 86.0 Å². The van der Waals surface area contributed by atoms with Crippen LogP contribution in [0.5, 0.6) is 0 Å². The van der Waals surface area contributed by atoms with E-state index in [4.69, 9.17) is 0 Å². The average molecular weight is 693 g/mol. The van der Waals surface area contributed by atoms with Crippen LogP contribution in [0, 0.1) is 0 Å². The number of aromatic nitrogens is 1. The van der Waals surface area contributed by atoms with Crippen molar-refractivity contribution in [1.82, 2.24) is 4.57 Å². The summed E-state index contributed by atoms with van der Waals surface area (Å²) >= 11 is 1.90. The quantitative estimate of drug-likeness (QED) is 0.174. The molecule has 11 rings (SSSR count). The Kier molecular flexibility index (Phi) is 6.76. The second kappa shape index (κ2) is 11.9. The van der Waals surface area contributed by atoms with Crippen LogP contribution in [0.4, 0.5) is 17.1 Å². The summed E-state index contributed by atoms with van der Waals surface area (Å²) in [5.41, 5.74) is 9.44. The monoisotopic (exact) mass is 692 g/mol. The van der Waals surface area contributed by atoms with Crippen LogP contribution in [-0.4, -0.2) is 4.57 Å². The highest BCUT2D eigenvalue weighted by atomic mass is 32.1. The lowest BCUT2D eigenvalue weighted by molar-refractivity contribution is 1.18. The van der Waals surface area contributed by atoms with Gasteiger partial charge < -0.3 is 9.47 Å². The van der Waals surface area contributed by atoms with Gasteiger partial charge in [0, 0.05) is 43.0 Å². The van der Waals surface area contributed by atoms with E-state index in [-0.39, 0.29) is 0 Å². The lowest BCUT2D eigenvalue weighted by atomic mass is 10.0. The lowest BCUT2D eigenvalue weighted by Gasteiger charge is -2.27. The van der Waals surface area contributed by atoms with Crippen molar-refractivity contribution in [2.45, 2.75) is 0 Å². The van der Waals surface area contributed by atoms with E-state index in [0.717, 1.165) is 11.4 Å². The van der Waals surface area contributed by atoms with Gasteiger partial charge in [-0.05, 0) is 75.8 Å². The molecule has 0 saturated carbocycles. The van der Waals surface area contributed by atoms with E-state index in [9.17, 15) is 0 Å². The van der Waals surface area contributed by atoms with E-state index in [1.807, 2.05) is 11.3 Å². The molecule has 2 nitrogen and oxygen atoms in total. The maximum Gasteiger partial charge on any atom is 0.0640 e. The van der Waals surface area contributed by atoms with Gasteiger partial charge in [0.25, 0.3) is 0 Å². The molecule has 2 heterocycles. The van der Waals surface area contributed by atoms with Gasteiger partial charge in [0.15, 0.2) is 0 Å².